The van der Waals surface area contributed by atoms with Crippen molar-refractivity contribution >= 4 is 11.6 Å². The fraction of sp³-hybridized carbons (Fsp3) is 0.500. The molecule has 0 bridgehead atoms. The van der Waals surface area contributed by atoms with Crippen molar-refractivity contribution in [2.75, 3.05) is 18.4 Å². The van der Waals surface area contributed by atoms with Crippen molar-refractivity contribution in [3.8, 4) is 0 Å². The van der Waals surface area contributed by atoms with Gasteiger partial charge in [-0.25, -0.2) is 5.01 Å². The number of nitrogens with zero attached hydrogens (tertiary/aromatic N) is 1. The Bertz CT molecular complexity index is 400. The van der Waals surface area contributed by atoms with Crippen molar-refractivity contribution in [3.63, 3.8) is 0 Å². The normalized spacial score (nSPS) is 16.5. The van der Waals surface area contributed by atoms with Gasteiger partial charge in [-0.15, -0.1) is 0 Å². The Labute approximate surface area is 108 Å². The van der Waals surface area contributed by atoms with Gasteiger partial charge in [0.15, 0.2) is 0 Å². The van der Waals surface area contributed by atoms with Crippen molar-refractivity contribution in [1.82, 2.24) is 10.4 Å². The van der Waals surface area contributed by atoms with Crippen LogP contribution >= 0.6 is 0 Å². The number of rotatable bonds is 4. The summed E-state index contributed by atoms with van der Waals surface area (Å²) in [6, 6.07) is 7.92. The van der Waals surface area contributed by atoms with Crippen molar-refractivity contribution < 1.29 is 4.79 Å². The Kier molecular flexibility index (Phi) is 4.73. The molecule has 0 atom stereocenters. The van der Waals surface area contributed by atoms with Gasteiger partial charge in [0.2, 0.25) is 5.91 Å². The standard InChI is InChI=1S/C14H21N3O/c1-12(18)16-14-8-4-3-7-13(14)11-15-17-9-5-2-6-10-17/h3-4,7-8,15H,2,5-6,9-11H2,1H3,(H,16,18). The number of nitrogens with one attached hydrogen (secondary N) is 2. The van der Waals surface area contributed by atoms with Gasteiger partial charge in [0.05, 0.1) is 0 Å². The molecule has 1 aliphatic heterocycles. The van der Waals surface area contributed by atoms with Gasteiger partial charge < -0.3 is 5.32 Å². The molecule has 1 heterocycles. The third-order valence-electron chi connectivity index (χ3n) is 3.18. The van der Waals surface area contributed by atoms with E-state index < -0.39 is 0 Å². The van der Waals surface area contributed by atoms with Gasteiger partial charge in [-0.2, -0.15) is 0 Å². The van der Waals surface area contributed by atoms with E-state index in [1.807, 2.05) is 24.3 Å². The highest BCUT2D eigenvalue weighted by atomic mass is 16.1. The predicted octanol–water partition coefficient (Wildman–Crippen LogP) is 2.14. The molecular formula is C14H21N3O. The van der Waals surface area contributed by atoms with Crippen LogP contribution in [0.1, 0.15) is 31.7 Å². The predicted molar refractivity (Wildman–Crippen MR) is 73.0 cm³/mol. The number of para-hydroxylation sites is 1. The molecule has 18 heavy (non-hydrogen) atoms. The molecule has 0 unspecified atom stereocenters. The number of hydrazine groups is 1. The van der Waals surface area contributed by atoms with E-state index in [1.165, 1.54) is 26.2 Å². The van der Waals surface area contributed by atoms with Crippen molar-refractivity contribution in [2.24, 2.45) is 0 Å². The molecule has 1 aromatic carbocycles. The van der Waals surface area contributed by atoms with Crippen molar-refractivity contribution in [2.45, 2.75) is 32.7 Å². The number of piperidine rings is 1. The molecule has 0 spiro atoms. The van der Waals surface area contributed by atoms with E-state index in [0.29, 0.717) is 0 Å². The third-order valence-corrected chi connectivity index (χ3v) is 3.18. The van der Waals surface area contributed by atoms with Gasteiger partial charge in [0, 0.05) is 32.2 Å². The molecule has 98 valence electrons. The molecule has 2 rings (SSSR count). The van der Waals surface area contributed by atoms with Gasteiger partial charge in [-0.05, 0) is 24.5 Å². The van der Waals surface area contributed by atoms with Crippen LogP contribution in [0.2, 0.25) is 0 Å². The van der Waals surface area contributed by atoms with Crippen LogP contribution in [0.15, 0.2) is 24.3 Å². The average Bonchev–Trinajstić information content (AvgIpc) is 2.38. The van der Waals surface area contributed by atoms with Gasteiger partial charge in [0.1, 0.15) is 0 Å². The number of hydrogen-bond acceptors (Lipinski definition) is 3. The molecule has 2 N–H and O–H groups in total. The highest BCUT2D eigenvalue weighted by Gasteiger charge is 2.10. The van der Waals surface area contributed by atoms with Crippen LogP contribution in [0.25, 0.3) is 0 Å². The van der Waals surface area contributed by atoms with Gasteiger partial charge in [-0.3, -0.25) is 10.2 Å². The average molecular weight is 247 g/mol. The second kappa shape index (κ2) is 6.52. The Morgan fingerprint density at radius 2 is 1.94 bits per heavy atom. The lowest BCUT2D eigenvalue weighted by atomic mass is 10.1. The summed E-state index contributed by atoms with van der Waals surface area (Å²) < 4.78 is 0. The molecule has 0 aromatic heterocycles. The highest BCUT2D eigenvalue weighted by molar-refractivity contribution is 5.89. The third kappa shape index (κ3) is 3.82. The first-order valence-electron chi connectivity index (χ1n) is 6.59. The molecule has 1 fully saturated rings. The lowest BCUT2D eigenvalue weighted by Gasteiger charge is -2.27. The Morgan fingerprint density at radius 1 is 1.22 bits per heavy atom. The molecular weight excluding hydrogens is 226 g/mol. The number of anilines is 1. The first-order valence-corrected chi connectivity index (χ1v) is 6.59. The zero-order valence-corrected chi connectivity index (χ0v) is 10.9. The van der Waals surface area contributed by atoms with Crippen LogP contribution in [0, 0.1) is 0 Å². The monoisotopic (exact) mass is 247 g/mol. The van der Waals surface area contributed by atoms with E-state index in [9.17, 15) is 4.79 Å². The summed E-state index contributed by atoms with van der Waals surface area (Å²) in [6.07, 6.45) is 3.86. The van der Waals surface area contributed by atoms with Crippen LogP contribution in [0.4, 0.5) is 5.69 Å². The van der Waals surface area contributed by atoms with Crippen LogP contribution in [0.5, 0.6) is 0 Å². The number of carbonyl (C=O) groups is 1. The first-order chi connectivity index (χ1) is 8.75. The molecule has 0 aliphatic carbocycles. The molecule has 1 aromatic rings. The van der Waals surface area contributed by atoms with E-state index in [1.54, 1.807) is 0 Å². The largest absolute Gasteiger partial charge is 0.326 e. The Hall–Kier alpha value is -1.39. The van der Waals surface area contributed by atoms with E-state index in [4.69, 9.17) is 0 Å². The van der Waals surface area contributed by atoms with Gasteiger partial charge in [0.25, 0.3) is 0 Å². The van der Waals surface area contributed by atoms with Crippen molar-refractivity contribution in [3.05, 3.63) is 29.8 Å². The quantitative estimate of drug-likeness (QED) is 0.856. The lowest BCUT2D eigenvalue weighted by Crippen LogP contribution is -2.41. The number of benzene rings is 1. The topological polar surface area (TPSA) is 44.4 Å². The summed E-state index contributed by atoms with van der Waals surface area (Å²) in [6.45, 7) is 4.52. The fourth-order valence-corrected chi connectivity index (χ4v) is 2.24. The summed E-state index contributed by atoms with van der Waals surface area (Å²) in [5, 5.41) is 5.14. The van der Waals surface area contributed by atoms with Gasteiger partial charge in [-0.1, -0.05) is 24.6 Å². The second-order valence-electron chi connectivity index (χ2n) is 4.72. The second-order valence-corrected chi connectivity index (χ2v) is 4.72. The summed E-state index contributed by atoms with van der Waals surface area (Å²) in [7, 11) is 0. The molecule has 4 nitrogen and oxygen atoms in total. The summed E-state index contributed by atoms with van der Waals surface area (Å²) >= 11 is 0. The lowest BCUT2D eigenvalue weighted by molar-refractivity contribution is -0.114. The summed E-state index contributed by atoms with van der Waals surface area (Å²) in [4.78, 5) is 11.1. The zero-order chi connectivity index (χ0) is 12.8. The van der Waals surface area contributed by atoms with Crippen LogP contribution in [-0.2, 0) is 11.3 Å². The summed E-state index contributed by atoms with van der Waals surface area (Å²) in [5.41, 5.74) is 5.45. The summed E-state index contributed by atoms with van der Waals surface area (Å²) in [5.74, 6) is -0.0274. The van der Waals surface area contributed by atoms with Crippen LogP contribution in [0.3, 0.4) is 0 Å². The van der Waals surface area contributed by atoms with Crippen molar-refractivity contribution in [1.29, 1.82) is 0 Å². The number of amides is 1. The number of carbonyl (C=O) groups excluding carboxylic acids is 1. The maximum Gasteiger partial charge on any atom is 0.221 e. The maximum atomic E-state index is 11.1. The first kappa shape index (κ1) is 13.1. The highest BCUT2D eigenvalue weighted by Crippen LogP contribution is 2.15. The Morgan fingerprint density at radius 3 is 2.67 bits per heavy atom. The van der Waals surface area contributed by atoms with Crippen LogP contribution in [-0.4, -0.2) is 24.0 Å². The minimum atomic E-state index is -0.0274. The molecule has 1 amide bonds. The Balaban J connectivity index is 1.93. The van der Waals surface area contributed by atoms with Crippen LogP contribution < -0.4 is 10.7 Å². The van der Waals surface area contributed by atoms with Gasteiger partial charge >= 0.3 is 0 Å². The van der Waals surface area contributed by atoms with E-state index >= 15 is 0 Å². The number of hydrogen-bond donors (Lipinski definition) is 2. The molecule has 4 heteroatoms. The smallest absolute Gasteiger partial charge is 0.221 e. The zero-order valence-electron chi connectivity index (χ0n) is 10.9. The maximum absolute atomic E-state index is 11.1. The van der Waals surface area contributed by atoms with E-state index in [-0.39, 0.29) is 5.91 Å². The van der Waals surface area contributed by atoms with E-state index in [0.717, 1.165) is 30.9 Å². The molecule has 1 saturated heterocycles. The molecule has 1 aliphatic rings. The molecule has 0 radical (unpaired) electrons. The minimum Gasteiger partial charge on any atom is -0.326 e. The molecule has 0 saturated carbocycles. The van der Waals surface area contributed by atoms with E-state index in [2.05, 4.69) is 15.8 Å². The SMILES string of the molecule is CC(=O)Nc1ccccc1CNN1CCCCC1. The fourth-order valence-electron chi connectivity index (χ4n) is 2.24. The minimum absolute atomic E-state index is 0.0274.